The summed E-state index contributed by atoms with van der Waals surface area (Å²) in [5.74, 6) is 0.771. The molecular formula is C24H25ClN6. The van der Waals surface area contributed by atoms with Gasteiger partial charge in [0.2, 0.25) is 0 Å². The van der Waals surface area contributed by atoms with Crippen LogP contribution in [-0.2, 0) is 0 Å². The number of rotatable bonds is 5. The Morgan fingerprint density at radius 1 is 1.03 bits per heavy atom. The summed E-state index contributed by atoms with van der Waals surface area (Å²) < 4.78 is 2.00. The summed E-state index contributed by atoms with van der Waals surface area (Å²) >= 11 is 6.72. The van der Waals surface area contributed by atoms with E-state index in [1.165, 1.54) is 24.8 Å². The molecule has 2 aromatic heterocycles. The van der Waals surface area contributed by atoms with Gasteiger partial charge in [-0.2, -0.15) is 0 Å². The van der Waals surface area contributed by atoms with Gasteiger partial charge in [0.1, 0.15) is 11.2 Å². The number of tetrazole rings is 1. The van der Waals surface area contributed by atoms with Gasteiger partial charge in [-0.05, 0) is 60.0 Å². The molecule has 0 saturated heterocycles. The van der Waals surface area contributed by atoms with Crippen LogP contribution in [0.5, 0.6) is 0 Å². The molecule has 1 unspecified atom stereocenters. The number of aryl methyl sites for hydroxylation is 1. The first-order valence-electron chi connectivity index (χ1n) is 10.9. The van der Waals surface area contributed by atoms with Gasteiger partial charge in [0.05, 0.1) is 11.6 Å². The first-order valence-corrected chi connectivity index (χ1v) is 11.2. The smallest absolute Gasteiger partial charge is 0.178 e. The molecule has 158 valence electrons. The number of nitrogens with one attached hydrogen (secondary N) is 1. The molecule has 0 amide bonds. The Bertz CT molecular complexity index is 1200. The average molecular weight is 433 g/mol. The summed E-state index contributed by atoms with van der Waals surface area (Å²) in [5.41, 5.74) is 3.91. The largest absolute Gasteiger partial charge is 0.371 e. The number of aromatic nitrogens is 5. The Labute approximate surface area is 186 Å². The monoisotopic (exact) mass is 432 g/mol. The van der Waals surface area contributed by atoms with Crippen molar-refractivity contribution in [2.45, 2.75) is 51.1 Å². The molecule has 5 rings (SSSR count). The maximum atomic E-state index is 6.72. The second kappa shape index (κ2) is 8.63. The van der Waals surface area contributed by atoms with Crippen LogP contribution >= 0.6 is 11.6 Å². The second-order valence-electron chi connectivity index (χ2n) is 8.28. The van der Waals surface area contributed by atoms with Gasteiger partial charge in [0.15, 0.2) is 5.82 Å². The lowest BCUT2D eigenvalue weighted by Crippen LogP contribution is -2.23. The van der Waals surface area contributed by atoms with E-state index in [1.807, 2.05) is 28.9 Å². The molecular weight excluding hydrogens is 408 g/mol. The Kier molecular flexibility index (Phi) is 5.55. The third kappa shape index (κ3) is 4.12. The molecule has 0 radical (unpaired) electrons. The predicted molar refractivity (Wildman–Crippen MR) is 123 cm³/mol. The van der Waals surface area contributed by atoms with E-state index in [4.69, 9.17) is 11.6 Å². The van der Waals surface area contributed by atoms with E-state index in [0.29, 0.717) is 11.2 Å². The van der Waals surface area contributed by atoms with Gasteiger partial charge in [-0.3, -0.25) is 0 Å². The summed E-state index contributed by atoms with van der Waals surface area (Å²) in [4.78, 5) is 4.66. The van der Waals surface area contributed by atoms with E-state index < -0.39 is 0 Å². The van der Waals surface area contributed by atoms with E-state index in [1.54, 1.807) is 0 Å². The zero-order valence-corrected chi connectivity index (χ0v) is 18.3. The number of para-hydroxylation sites is 1. The van der Waals surface area contributed by atoms with E-state index in [0.717, 1.165) is 40.8 Å². The van der Waals surface area contributed by atoms with Crippen molar-refractivity contribution >= 4 is 28.2 Å². The normalized spacial score (nSPS) is 15.8. The number of hydrogen-bond acceptors (Lipinski definition) is 5. The number of halogens is 1. The van der Waals surface area contributed by atoms with E-state index in [-0.39, 0.29) is 6.04 Å². The molecule has 31 heavy (non-hydrogen) atoms. The lowest BCUT2D eigenvalue weighted by molar-refractivity contribution is 0.315. The minimum atomic E-state index is -0.316. The Balaban J connectivity index is 1.62. The minimum absolute atomic E-state index is 0.313. The van der Waals surface area contributed by atoms with Crippen molar-refractivity contribution in [3.8, 4) is 0 Å². The lowest BCUT2D eigenvalue weighted by Gasteiger charge is -2.26. The number of benzene rings is 2. The Morgan fingerprint density at radius 3 is 2.71 bits per heavy atom. The Hall–Kier alpha value is -2.99. The van der Waals surface area contributed by atoms with E-state index in [2.05, 4.69) is 63.1 Å². The second-order valence-corrected chi connectivity index (χ2v) is 8.64. The molecule has 1 saturated carbocycles. The maximum absolute atomic E-state index is 6.72. The summed E-state index contributed by atoms with van der Waals surface area (Å²) in [6.45, 7) is 2.08. The van der Waals surface area contributed by atoms with Crippen molar-refractivity contribution in [1.82, 2.24) is 25.2 Å². The van der Waals surface area contributed by atoms with Gasteiger partial charge in [0, 0.05) is 16.6 Å². The SMILES string of the molecule is Cc1cccc(NC(c2cc3ccccc3nc2Cl)c2nnnn2C2CCCCC2)c1. The van der Waals surface area contributed by atoms with Crippen molar-refractivity contribution in [3.05, 3.63) is 76.7 Å². The third-order valence-corrected chi connectivity index (χ3v) is 6.34. The topological polar surface area (TPSA) is 68.5 Å². The number of anilines is 1. The first-order chi connectivity index (χ1) is 15.2. The quantitative estimate of drug-likeness (QED) is 0.398. The number of pyridine rings is 1. The van der Waals surface area contributed by atoms with Crippen LogP contribution in [-0.4, -0.2) is 25.2 Å². The van der Waals surface area contributed by atoms with Crippen LogP contribution < -0.4 is 5.32 Å². The van der Waals surface area contributed by atoms with Crippen LogP contribution in [0.15, 0.2) is 54.6 Å². The highest BCUT2D eigenvalue weighted by Crippen LogP contribution is 2.35. The fourth-order valence-electron chi connectivity index (χ4n) is 4.47. The van der Waals surface area contributed by atoms with Gasteiger partial charge in [-0.1, -0.05) is 61.2 Å². The van der Waals surface area contributed by atoms with Gasteiger partial charge in [-0.25, -0.2) is 9.67 Å². The van der Waals surface area contributed by atoms with Crippen LogP contribution in [0, 0.1) is 6.92 Å². The van der Waals surface area contributed by atoms with E-state index >= 15 is 0 Å². The lowest BCUT2D eigenvalue weighted by atomic mass is 9.95. The molecule has 1 aliphatic rings. The molecule has 0 bridgehead atoms. The molecule has 4 aromatic rings. The summed E-state index contributed by atoms with van der Waals surface area (Å²) in [6.07, 6.45) is 5.88. The highest BCUT2D eigenvalue weighted by atomic mass is 35.5. The highest BCUT2D eigenvalue weighted by Gasteiger charge is 2.28. The number of fused-ring (bicyclic) bond motifs is 1. The molecule has 2 heterocycles. The van der Waals surface area contributed by atoms with Gasteiger partial charge in [-0.15, -0.1) is 5.10 Å². The third-order valence-electron chi connectivity index (χ3n) is 6.04. The molecule has 7 heteroatoms. The maximum Gasteiger partial charge on any atom is 0.178 e. The minimum Gasteiger partial charge on any atom is -0.371 e. The van der Waals surface area contributed by atoms with Crippen LogP contribution in [0.2, 0.25) is 5.15 Å². The summed E-state index contributed by atoms with van der Waals surface area (Å²) in [5, 5.41) is 18.0. The van der Waals surface area contributed by atoms with Crippen molar-refractivity contribution < 1.29 is 0 Å². The van der Waals surface area contributed by atoms with Crippen LogP contribution in [0.1, 0.15) is 61.1 Å². The summed E-state index contributed by atoms with van der Waals surface area (Å²) in [7, 11) is 0. The summed E-state index contributed by atoms with van der Waals surface area (Å²) in [6, 6.07) is 18.4. The molecule has 6 nitrogen and oxygen atoms in total. The van der Waals surface area contributed by atoms with Gasteiger partial charge < -0.3 is 5.32 Å². The van der Waals surface area contributed by atoms with Crippen LogP contribution in [0.4, 0.5) is 5.69 Å². The highest BCUT2D eigenvalue weighted by molar-refractivity contribution is 6.30. The number of hydrogen-bond donors (Lipinski definition) is 1. The number of nitrogens with zero attached hydrogens (tertiary/aromatic N) is 5. The van der Waals surface area contributed by atoms with Crippen molar-refractivity contribution in [3.63, 3.8) is 0 Å². The molecule has 1 atom stereocenters. The average Bonchev–Trinajstić information content (AvgIpc) is 3.27. The van der Waals surface area contributed by atoms with Crippen LogP contribution in [0.3, 0.4) is 0 Å². The Morgan fingerprint density at radius 2 is 1.87 bits per heavy atom. The molecule has 0 spiro atoms. The van der Waals surface area contributed by atoms with Crippen LogP contribution in [0.25, 0.3) is 10.9 Å². The molecule has 1 aliphatic carbocycles. The molecule has 0 aliphatic heterocycles. The van der Waals surface area contributed by atoms with Gasteiger partial charge in [0.25, 0.3) is 0 Å². The first kappa shape index (κ1) is 19.9. The molecule has 1 fully saturated rings. The zero-order chi connectivity index (χ0) is 21.2. The standard InChI is InChI=1S/C24H25ClN6/c1-16-8-7-10-18(14-16)26-22(20-15-17-9-5-6-13-21(17)27-23(20)25)24-28-29-30-31(24)19-11-3-2-4-12-19/h5-10,13-15,19,22,26H,2-4,11-12H2,1H3. The molecule has 1 N–H and O–H groups in total. The van der Waals surface area contributed by atoms with Gasteiger partial charge >= 0.3 is 0 Å². The predicted octanol–water partition coefficient (Wildman–Crippen LogP) is 5.89. The molecule has 2 aromatic carbocycles. The van der Waals surface area contributed by atoms with E-state index in [9.17, 15) is 0 Å². The fraction of sp³-hybridized carbons (Fsp3) is 0.333. The van der Waals surface area contributed by atoms with Crippen molar-refractivity contribution in [2.75, 3.05) is 5.32 Å². The fourth-order valence-corrected chi connectivity index (χ4v) is 4.73. The van der Waals surface area contributed by atoms with Crippen molar-refractivity contribution in [2.24, 2.45) is 0 Å². The zero-order valence-electron chi connectivity index (χ0n) is 17.5. The van der Waals surface area contributed by atoms with Crippen molar-refractivity contribution in [1.29, 1.82) is 0 Å².